The molecule has 0 aliphatic carbocycles. The van der Waals surface area contributed by atoms with Gasteiger partial charge < -0.3 is 18.9 Å². The van der Waals surface area contributed by atoms with Gasteiger partial charge >= 0.3 is 5.97 Å². The molecule has 2 aromatic carbocycles. The quantitative estimate of drug-likeness (QED) is 0.553. The van der Waals surface area contributed by atoms with Crippen LogP contribution in [0.3, 0.4) is 0 Å². The lowest BCUT2D eigenvalue weighted by molar-refractivity contribution is -0.139. The lowest BCUT2D eigenvalue weighted by Gasteiger charge is -2.13. The van der Waals surface area contributed by atoms with Crippen LogP contribution in [-0.2, 0) is 27.3 Å². The van der Waals surface area contributed by atoms with E-state index in [2.05, 4.69) is 0 Å². The molecular weight excluding hydrogens is 296 g/mol. The van der Waals surface area contributed by atoms with Gasteiger partial charge in [0.15, 0.2) is 6.79 Å². The van der Waals surface area contributed by atoms with Gasteiger partial charge in [0.1, 0.15) is 18.1 Å². The van der Waals surface area contributed by atoms with Crippen molar-refractivity contribution in [3.05, 3.63) is 59.7 Å². The van der Waals surface area contributed by atoms with Gasteiger partial charge in [-0.3, -0.25) is 4.79 Å². The Balaban J connectivity index is 2.15. The lowest BCUT2D eigenvalue weighted by atomic mass is 10.1. The number of hydrogen-bond donors (Lipinski definition) is 0. The second kappa shape index (κ2) is 8.80. The molecule has 0 saturated heterocycles. The zero-order valence-electron chi connectivity index (χ0n) is 13.3. The molecule has 0 aliphatic rings. The van der Waals surface area contributed by atoms with Crippen LogP contribution in [0, 0.1) is 0 Å². The van der Waals surface area contributed by atoms with Crippen LogP contribution in [0.2, 0.25) is 0 Å². The van der Waals surface area contributed by atoms with Crippen molar-refractivity contribution in [1.82, 2.24) is 0 Å². The Morgan fingerprint density at radius 2 is 1.78 bits per heavy atom. The molecule has 0 fully saturated rings. The van der Waals surface area contributed by atoms with Crippen molar-refractivity contribution in [3.63, 3.8) is 0 Å². The summed E-state index contributed by atoms with van der Waals surface area (Å²) in [6.45, 7) is 0.553. The Hall–Kier alpha value is -2.53. The van der Waals surface area contributed by atoms with E-state index in [-0.39, 0.29) is 19.2 Å². The fourth-order valence-electron chi connectivity index (χ4n) is 2.00. The molecule has 23 heavy (non-hydrogen) atoms. The van der Waals surface area contributed by atoms with Gasteiger partial charge in [-0.2, -0.15) is 0 Å². The van der Waals surface area contributed by atoms with Crippen molar-refractivity contribution in [2.45, 2.75) is 13.0 Å². The summed E-state index contributed by atoms with van der Waals surface area (Å²) in [4.78, 5) is 11.5. The van der Waals surface area contributed by atoms with Crippen LogP contribution < -0.4 is 9.47 Å². The fourth-order valence-corrected chi connectivity index (χ4v) is 2.00. The van der Waals surface area contributed by atoms with Gasteiger partial charge in [-0.05, 0) is 11.6 Å². The average molecular weight is 316 g/mol. The predicted octanol–water partition coefficient (Wildman–Crippen LogP) is 2.96. The highest BCUT2D eigenvalue weighted by Gasteiger charge is 2.11. The van der Waals surface area contributed by atoms with Crippen molar-refractivity contribution in [1.29, 1.82) is 0 Å². The van der Waals surface area contributed by atoms with Crippen LogP contribution in [0.5, 0.6) is 11.5 Å². The maximum atomic E-state index is 11.5. The van der Waals surface area contributed by atoms with E-state index in [4.69, 9.17) is 18.9 Å². The SMILES string of the molecule is COCOc1ccc(CC(=O)OC)c(OCc2ccccc2)c1. The van der Waals surface area contributed by atoms with E-state index in [1.165, 1.54) is 7.11 Å². The Bertz CT molecular complexity index is 625. The number of methoxy groups -OCH3 is 2. The van der Waals surface area contributed by atoms with E-state index >= 15 is 0 Å². The van der Waals surface area contributed by atoms with Gasteiger partial charge in [0.25, 0.3) is 0 Å². The molecule has 0 saturated carbocycles. The predicted molar refractivity (Wildman–Crippen MR) is 85.4 cm³/mol. The Kier molecular flexibility index (Phi) is 6.44. The summed E-state index contributed by atoms with van der Waals surface area (Å²) in [5.74, 6) is 0.886. The maximum Gasteiger partial charge on any atom is 0.310 e. The van der Waals surface area contributed by atoms with E-state index in [1.807, 2.05) is 30.3 Å². The molecule has 0 atom stereocenters. The fraction of sp³-hybridized carbons (Fsp3) is 0.278. The first-order valence-electron chi connectivity index (χ1n) is 7.21. The molecule has 0 heterocycles. The lowest BCUT2D eigenvalue weighted by Crippen LogP contribution is -2.07. The molecule has 5 heteroatoms. The van der Waals surface area contributed by atoms with E-state index in [0.717, 1.165) is 11.1 Å². The van der Waals surface area contributed by atoms with Gasteiger partial charge in [-0.15, -0.1) is 0 Å². The number of carbonyl (C=O) groups excluding carboxylic acids is 1. The third-order valence-corrected chi connectivity index (χ3v) is 3.18. The van der Waals surface area contributed by atoms with Gasteiger partial charge in [0.2, 0.25) is 0 Å². The molecule has 5 nitrogen and oxygen atoms in total. The summed E-state index contributed by atoms with van der Waals surface area (Å²) in [5, 5.41) is 0. The second-order valence-corrected chi connectivity index (χ2v) is 4.85. The van der Waals surface area contributed by atoms with Crippen molar-refractivity contribution in [3.8, 4) is 11.5 Å². The summed E-state index contributed by atoms with van der Waals surface area (Å²) < 4.78 is 20.9. The highest BCUT2D eigenvalue weighted by atomic mass is 16.7. The molecular formula is C18H20O5. The number of ether oxygens (including phenoxy) is 4. The molecule has 2 aromatic rings. The molecule has 0 aromatic heterocycles. The van der Waals surface area contributed by atoms with Crippen molar-refractivity contribution >= 4 is 5.97 Å². The van der Waals surface area contributed by atoms with Gasteiger partial charge in [0.05, 0.1) is 13.5 Å². The zero-order valence-corrected chi connectivity index (χ0v) is 13.3. The molecule has 0 aliphatic heterocycles. The molecule has 0 bridgehead atoms. The monoisotopic (exact) mass is 316 g/mol. The van der Waals surface area contributed by atoms with Gasteiger partial charge in [-0.25, -0.2) is 0 Å². The Labute approximate surface area is 135 Å². The summed E-state index contributed by atoms with van der Waals surface area (Å²) in [6, 6.07) is 15.1. The van der Waals surface area contributed by atoms with Crippen LogP contribution in [-0.4, -0.2) is 27.0 Å². The summed E-state index contributed by atoms with van der Waals surface area (Å²) in [7, 11) is 2.92. The minimum Gasteiger partial charge on any atom is -0.488 e. The molecule has 122 valence electrons. The largest absolute Gasteiger partial charge is 0.488 e. The smallest absolute Gasteiger partial charge is 0.310 e. The average Bonchev–Trinajstić information content (AvgIpc) is 2.60. The second-order valence-electron chi connectivity index (χ2n) is 4.85. The minimum atomic E-state index is -0.319. The summed E-state index contributed by atoms with van der Waals surface area (Å²) >= 11 is 0. The third kappa shape index (κ3) is 5.30. The summed E-state index contributed by atoms with van der Waals surface area (Å²) in [6.07, 6.45) is 0.144. The highest BCUT2D eigenvalue weighted by molar-refractivity contribution is 5.73. The summed E-state index contributed by atoms with van der Waals surface area (Å²) in [5.41, 5.74) is 1.79. The Morgan fingerprint density at radius 3 is 2.48 bits per heavy atom. The molecule has 0 amide bonds. The number of rotatable bonds is 8. The topological polar surface area (TPSA) is 54.0 Å². The van der Waals surface area contributed by atoms with E-state index in [9.17, 15) is 4.79 Å². The van der Waals surface area contributed by atoms with Gasteiger partial charge in [0, 0.05) is 18.7 Å². The van der Waals surface area contributed by atoms with Crippen molar-refractivity contribution < 1.29 is 23.7 Å². The first-order valence-corrected chi connectivity index (χ1v) is 7.21. The first-order chi connectivity index (χ1) is 11.2. The molecule has 2 rings (SSSR count). The maximum absolute atomic E-state index is 11.5. The first kappa shape index (κ1) is 16.8. The minimum absolute atomic E-state index is 0.144. The Morgan fingerprint density at radius 1 is 1.00 bits per heavy atom. The number of hydrogen-bond acceptors (Lipinski definition) is 5. The zero-order chi connectivity index (χ0) is 16.5. The molecule has 0 spiro atoms. The standard InChI is InChI=1S/C18H20O5/c1-20-13-23-16-9-8-15(10-18(19)21-2)17(11-16)22-12-14-6-4-3-5-7-14/h3-9,11H,10,12-13H2,1-2H3. The number of benzene rings is 2. The van der Waals surface area contributed by atoms with Crippen LogP contribution in [0.25, 0.3) is 0 Å². The van der Waals surface area contributed by atoms with Crippen LogP contribution in [0.15, 0.2) is 48.5 Å². The van der Waals surface area contributed by atoms with Crippen molar-refractivity contribution in [2.75, 3.05) is 21.0 Å². The highest BCUT2D eigenvalue weighted by Crippen LogP contribution is 2.26. The van der Waals surface area contributed by atoms with Crippen LogP contribution >= 0.6 is 0 Å². The number of esters is 1. The van der Waals surface area contributed by atoms with E-state index in [0.29, 0.717) is 18.1 Å². The number of carbonyl (C=O) groups is 1. The van der Waals surface area contributed by atoms with E-state index in [1.54, 1.807) is 25.3 Å². The van der Waals surface area contributed by atoms with Gasteiger partial charge in [-0.1, -0.05) is 36.4 Å². The van der Waals surface area contributed by atoms with Crippen molar-refractivity contribution in [2.24, 2.45) is 0 Å². The van der Waals surface area contributed by atoms with Crippen LogP contribution in [0.1, 0.15) is 11.1 Å². The molecule has 0 unspecified atom stereocenters. The molecule has 0 radical (unpaired) electrons. The van der Waals surface area contributed by atoms with Crippen LogP contribution in [0.4, 0.5) is 0 Å². The molecule has 0 N–H and O–H groups in total. The normalized spacial score (nSPS) is 10.2. The third-order valence-electron chi connectivity index (χ3n) is 3.18. The van der Waals surface area contributed by atoms with E-state index < -0.39 is 0 Å².